The highest BCUT2D eigenvalue weighted by Gasteiger charge is 2.25. The third-order valence-electron chi connectivity index (χ3n) is 5.42. The second kappa shape index (κ2) is 6.68. The number of H-pyrrole nitrogens is 1. The summed E-state index contributed by atoms with van der Waals surface area (Å²) in [4.78, 5) is 29.6. The highest BCUT2D eigenvalue weighted by molar-refractivity contribution is 6.06. The number of benzene rings is 1. The first-order valence-corrected chi connectivity index (χ1v) is 9.38. The summed E-state index contributed by atoms with van der Waals surface area (Å²) in [5.74, 6) is 1.83. The van der Waals surface area contributed by atoms with E-state index in [2.05, 4.69) is 32.8 Å². The van der Waals surface area contributed by atoms with Crippen molar-refractivity contribution in [3.63, 3.8) is 0 Å². The fraction of sp³-hybridized carbons (Fsp3) is 0.381. The van der Waals surface area contributed by atoms with Gasteiger partial charge in [-0.15, -0.1) is 0 Å². The first kappa shape index (κ1) is 17.5. The summed E-state index contributed by atoms with van der Waals surface area (Å²) in [5.41, 5.74) is 5.00. The highest BCUT2D eigenvalue weighted by Crippen LogP contribution is 2.25. The number of hydrogen-bond donors (Lipinski definition) is 1. The summed E-state index contributed by atoms with van der Waals surface area (Å²) in [6.07, 6.45) is 0. The highest BCUT2D eigenvalue weighted by atomic mass is 16.2. The Labute approximate surface area is 159 Å². The number of nitrogens with one attached hydrogen (secondary N) is 1. The first-order chi connectivity index (χ1) is 12.9. The van der Waals surface area contributed by atoms with Gasteiger partial charge in [0, 0.05) is 49.0 Å². The van der Waals surface area contributed by atoms with Crippen LogP contribution in [0.1, 0.15) is 33.1 Å². The summed E-state index contributed by atoms with van der Waals surface area (Å²) < 4.78 is 0. The molecule has 1 aliphatic heterocycles. The van der Waals surface area contributed by atoms with Crippen molar-refractivity contribution in [1.82, 2.24) is 19.9 Å². The van der Waals surface area contributed by atoms with Gasteiger partial charge in [0.05, 0.1) is 11.1 Å². The van der Waals surface area contributed by atoms with Crippen molar-refractivity contribution in [2.45, 2.75) is 27.7 Å². The van der Waals surface area contributed by atoms with Crippen LogP contribution in [0.5, 0.6) is 0 Å². The Morgan fingerprint density at radius 2 is 1.78 bits per heavy atom. The molecule has 0 atom stereocenters. The molecule has 140 valence electrons. The SMILES string of the molecule is Cc1cc(N2CCN(C(=O)c3cccc4c(C)c(C)[nH]c34)CC2)nc(C)n1. The molecule has 0 saturated carbocycles. The second-order valence-corrected chi connectivity index (χ2v) is 7.30. The molecule has 6 nitrogen and oxygen atoms in total. The number of hydrogen-bond acceptors (Lipinski definition) is 4. The lowest BCUT2D eigenvalue weighted by atomic mass is 10.1. The van der Waals surface area contributed by atoms with Crippen LogP contribution in [0.2, 0.25) is 0 Å². The maximum atomic E-state index is 13.1. The first-order valence-electron chi connectivity index (χ1n) is 9.38. The summed E-state index contributed by atoms with van der Waals surface area (Å²) >= 11 is 0. The van der Waals surface area contributed by atoms with E-state index in [1.165, 1.54) is 5.56 Å². The van der Waals surface area contributed by atoms with Gasteiger partial charge in [0.15, 0.2) is 0 Å². The molecule has 1 aliphatic rings. The normalized spacial score (nSPS) is 14.8. The average Bonchev–Trinajstić information content (AvgIpc) is 2.95. The Hall–Kier alpha value is -2.89. The number of nitrogens with zero attached hydrogens (tertiary/aromatic N) is 4. The van der Waals surface area contributed by atoms with Gasteiger partial charge in [-0.3, -0.25) is 4.79 Å². The molecule has 1 N–H and O–H groups in total. The van der Waals surface area contributed by atoms with Crippen molar-refractivity contribution in [3.8, 4) is 0 Å². The Morgan fingerprint density at radius 3 is 2.48 bits per heavy atom. The van der Waals surface area contributed by atoms with E-state index in [0.29, 0.717) is 13.1 Å². The molecular weight excluding hydrogens is 338 g/mol. The quantitative estimate of drug-likeness (QED) is 0.760. The zero-order valence-electron chi connectivity index (χ0n) is 16.3. The van der Waals surface area contributed by atoms with E-state index in [-0.39, 0.29) is 5.91 Å². The summed E-state index contributed by atoms with van der Waals surface area (Å²) in [6, 6.07) is 7.97. The predicted octanol–water partition coefficient (Wildman–Crippen LogP) is 3.15. The van der Waals surface area contributed by atoms with Crippen LogP contribution in [0.4, 0.5) is 5.82 Å². The number of aryl methyl sites for hydroxylation is 4. The summed E-state index contributed by atoms with van der Waals surface area (Å²) in [7, 11) is 0. The molecule has 1 fully saturated rings. The lowest BCUT2D eigenvalue weighted by Crippen LogP contribution is -2.49. The van der Waals surface area contributed by atoms with E-state index in [9.17, 15) is 4.79 Å². The molecule has 1 saturated heterocycles. The molecule has 3 aromatic rings. The summed E-state index contributed by atoms with van der Waals surface area (Å²) in [5, 5.41) is 1.13. The van der Waals surface area contributed by atoms with Crippen LogP contribution in [-0.2, 0) is 0 Å². The van der Waals surface area contributed by atoms with Gasteiger partial charge in [-0.25, -0.2) is 9.97 Å². The Kier molecular flexibility index (Phi) is 4.34. The van der Waals surface area contributed by atoms with Gasteiger partial charge in [0.25, 0.3) is 5.91 Å². The fourth-order valence-electron chi connectivity index (χ4n) is 3.83. The van der Waals surface area contributed by atoms with Gasteiger partial charge in [-0.05, 0) is 39.3 Å². The number of carbonyl (C=O) groups excluding carboxylic acids is 1. The third kappa shape index (κ3) is 3.16. The van der Waals surface area contributed by atoms with Crippen LogP contribution in [0.3, 0.4) is 0 Å². The molecule has 0 unspecified atom stereocenters. The lowest BCUT2D eigenvalue weighted by Gasteiger charge is -2.35. The number of amides is 1. The van der Waals surface area contributed by atoms with Gasteiger partial charge in [-0.1, -0.05) is 12.1 Å². The van der Waals surface area contributed by atoms with Gasteiger partial charge >= 0.3 is 0 Å². The molecule has 1 aromatic carbocycles. The van der Waals surface area contributed by atoms with E-state index in [1.54, 1.807) is 0 Å². The number of anilines is 1. The van der Waals surface area contributed by atoms with Crippen molar-refractivity contribution in [2.24, 2.45) is 0 Å². The minimum absolute atomic E-state index is 0.0940. The van der Waals surface area contributed by atoms with Crippen molar-refractivity contribution in [1.29, 1.82) is 0 Å². The van der Waals surface area contributed by atoms with Crippen molar-refractivity contribution in [2.75, 3.05) is 31.1 Å². The number of aromatic amines is 1. The zero-order valence-corrected chi connectivity index (χ0v) is 16.3. The fourth-order valence-corrected chi connectivity index (χ4v) is 3.83. The van der Waals surface area contributed by atoms with Gasteiger partial charge in [0.2, 0.25) is 0 Å². The molecule has 6 heteroatoms. The number of fused-ring (bicyclic) bond motifs is 1. The number of carbonyl (C=O) groups is 1. The maximum Gasteiger partial charge on any atom is 0.256 e. The van der Waals surface area contributed by atoms with E-state index in [4.69, 9.17) is 0 Å². The zero-order chi connectivity index (χ0) is 19.1. The van der Waals surface area contributed by atoms with E-state index in [0.717, 1.165) is 52.6 Å². The Bertz CT molecular complexity index is 995. The van der Waals surface area contributed by atoms with Crippen molar-refractivity contribution < 1.29 is 4.79 Å². The summed E-state index contributed by atoms with van der Waals surface area (Å²) in [6.45, 7) is 11.0. The minimum Gasteiger partial charge on any atom is -0.358 e. The van der Waals surface area contributed by atoms with Crippen molar-refractivity contribution >= 4 is 22.6 Å². The van der Waals surface area contributed by atoms with Gasteiger partial charge in [-0.2, -0.15) is 0 Å². The molecule has 0 bridgehead atoms. The van der Waals surface area contributed by atoms with Crippen LogP contribution in [0.15, 0.2) is 24.3 Å². The van der Waals surface area contributed by atoms with E-state index >= 15 is 0 Å². The van der Waals surface area contributed by atoms with Crippen molar-refractivity contribution in [3.05, 3.63) is 52.6 Å². The average molecular weight is 363 g/mol. The molecule has 3 heterocycles. The molecule has 0 aliphatic carbocycles. The molecule has 0 radical (unpaired) electrons. The molecule has 0 spiro atoms. The lowest BCUT2D eigenvalue weighted by molar-refractivity contribution is 0.0748. The second-order valence-electron chi connectivity index (χ2n) is 7.30. The molecule has 2 aromatic heterocycles. The predicted molar refractivity (Wildman–Crippen MR) is 107 cm³/mol. The Morgan fingerprint density at radius 1 is 1.04 bits per heavy atom. The number of rotatable bonds is 2. The molecular formula is C21H25N5O. The number of aromatic nitrogens is 3. The van der Waals surface area contributed by atoms with E-state index in [1.807, 2.05) is 43.9 Å². The van der Waals surface area contributed by atoms with Crippen LogP contribution in [0, 0.1) is 27.7 Å². The smallest absolute Gasteiger partial charge is 0.256 e. The van der Waals surface area contributed by atoms with Gasteiger partial charge in [0.1, 0.15) is 11.6 Å². The monoisotopic (exact) mass is 363 g/mol. The largest absolute Gasteiger partial charge is 0.358 e. The van der Waals surface area contributed by atoms with Crippen LogP contribution < -0.4 is 4.90 Å². The standard InChI is InChI=1S/C21H25N5O/c1-13-12-19(24-16(4)22-13)25-8-10-26(11-9-25)21(27)18-7-5-6-17-14(2)15(3)23-20(17)18/h5-7,12,23H,8-11H2,1-4H3. The molecule has 27 heavy (non-hydrogen) atoms. The van der Waals surface area contributed by atoms with Gasteiger partial charge < -0.3 is 14.8 Å². The van der Waals surface area contributed by atoms with Crippen LogP contribution >= 0.6 is 0 Å². The Balaban J connectivity index is 1.53. The maximum absolute atomic E-state index is 13.1. The molecule has 4 rings (SSSR count). The van der Waals surface area contributed by atoms with Crippen LogP contribution in [0.25, 0.3) is 10.9 Å². The third-order valence-corrected chi connectivity index (χ3v) is 5.42. The minimum atomic E-state index is 0.0940. The molecule has 1 amide bonds. The van der Waals surface area contributed by atoms with E-state index < -0.39 is 0 Å². The van der Waals surface area contributed by atoms with Crippen LogP contribution in [-0.4, -0.2) is 51.9 Å². The number of piperazine rings is 1. The number of para-hydroxylation sites is 1. The topological polar surface area (TPSA) is 65.1 Å².